The average molecular weight is 189 g/mol. The summed E-state index contributed by atoms with van der Waals surface area (Å²) in [6, 6.07) is 0.361. The van der Waals surface area contributed by atoms with E-state index in [0.717, 1.165) is 12.8 Å². The largest absolute Gasteiger partial charge is 0.382 e. The number of nitrogens with two attached hydrogens (primary N) is 1. The van der Waals surface area contributed by atoms with Gasteiger partial charge in [0.05, 0.1) is 32.5 Å². The minimum Gasteiger partial charge on any atom is -0.382 e. The maximum absolute atomic E-state index is 5.61. The third-order valence-electron chi connectivity index (χ3n) is 2.14. The SMILES string of the molecule is COCCOCCOC1CC(N)C1. The second kappa shape index (κ2) is 6.32. The summed E-state index contributed by atoms with van der Waals surface area (Å²) in [5.41, 5.74) is 5.61. The monoisotopic (exact) mass is 189 g/mol. The van der Waals surface area contributed by atoms with Crippen molar-refractivity contribution in [2.75, 3.05) is 33.5 Å². The van der Waals surface area contributed by atoms with Crippen LogP contribution < -0.4 is 5.73 Å². The molecule has 0 aromatic carbocycles. The Morgan fingerprint density at radius 1 is 1.15 bits per heavy atom. The van der Waals surface area contributed by atoms with Crippen LogP contribution in [0.4, 0.5) is 0 Å². The van der Waals surface area contributed by atoms with Crippen LogP contribution in [0.3, 0.4) is 0 Å². The molecule has 13 heavy (non-hydrogen) atoms. The highest BCUT2D eigenvalue weighted by molar-refractivity contribution is 4.82. The molecule has 0 spiro atoms. The second-order valence-electron chi connectivity index (χ2n) is 3.33. The Kier molecular flexibility index (Phi) is 5.31. The summed E-state index contributed by atoms with van der Waals surface area (Å²) in [5, 5.41) is 0. The molecule has 1 aliphatic carbocycles. The molecule has 0 amide bonds. The van der Waals surface area contributed by atoms with Crippen LogP contribution in [0.15, 0.2) is 0 Å². The topological polar surface area (TPSA) is 53.7 Å². The van der Waals surface area contributed by atoms with E-state index in [1.54, 1.807) is 7.11 Å². The lowest BCUT2D eigenvalue weighted by atomic mass is 9.90. The van der Waals surface area contributed by atoms with Crippen LogP contribution in [0.1, 0.15) is 12.8 Å². The molecule has 0 heterocycles. The van der Waals surface area contributed by atoms with E-state index in [4.69, 9.17) is 19.9 Å². The first kappa shape index (κ1) is 10.9. The first-order chi connectivity index (χ1) is 6.33. The van der Waals surface area contributed by atoms with E-state index >= 15 is 0 Å². The van der Waals surface area contributed by atoms with Gasteiger partial charge in [0.1, 0.15) is 0 Å². The van der Waals surface area contributed by atoms with Crippen molar-refractivity contribution in [3.63, 3.8) is 0 Å². The fraction of sp³-hybridized carbons (Fsp3) is 1.00. The smallest absolute Gasteiger partial charge is 0.0704 e. The van der Waals surface area contributed by atoms with Crippen LogP contribution in [-0.2, 0) is 14.2 Å². The Hall–Kier alpha value is -0.160. The van der Waals surface area contributed by atoms with Gasteiger partial charge in [-0.15, -0.1) is 0 Å². The molecule has 0 radical (unpaired) electrons. The van der Waals surface area contributed by atoms with Crippen LogP contribution in [0, 0.1) is 0 Å². The first-order valence-electron chi connectivity index (χ1n) is 4.76. The summed E-state index contributed by atoms with van der Waals surface area (Å²) in [6.07, 6.45) is 2.37. The highest BCUT2D eigenvalue weighted by atomic mass is 16.5. The zero-order chi connectivity index (χ0) is 9.52. The van der Waals surface area contributed by atoms with E-state index in [0.29, 0.717) is 38.6 Å². The highest BCUT2D eigenvalue weighted by Crippen LogP contribution is 2.20. The quantitative estimate of drug-likeness (QED) is 0.579. The minimum atomic E-state index is 0.361. The molecule has 2 N–H and O–H groups in total. The zero-order valence-electron chi connectivity index (χ0n) is 8.20. The van der Waals surface area contributed by atoms with Crippen molar-refractivity contribution in [2.24, 2.45) is 5.73 Å². The molecule has 0 aromatic heterocycles. The third kappa shape index (κ3) is 4.57. The predicted octanol–water partition coefficient (Wildman–Crippen LogP) is 0.156. The zero-order valence-corrected chi connectivity index (χ0v) is 8.20. The lowest BCUT2D eigenvalue weighted by molar-refractivity contribution is -0.0410. The molecule has 0 unspecified atom stereocenters. The summed E-state index contributed by atoms with van der Waals surface area (Å²) >= 11 is 0. The van der Waals surface area contributed by atoms with Crippen molar-refractivity contribution < 1.29 is 14.2 Å². The van der Waals surface area contributed by atoms with Gasteiger partial charge >= 0.3 is 0 Å². The molecule has 4 heteroatoms. The van der Waals surface area contributed by atoms with Crippen molar-refractivity contribution in [3.8, 4) is 0 Å². The number of hydrogen-bond donors (Lipinski definition) is 1. The highest BCUT2D eigenvalue weighted by Gasteiger charge is 2.25. The number of methoxy groups -OCH3 is 1. The molecule has 4 nitrogen and oxygen atoms in total. The molecule has 0 saturated heterocycles. The summed E-state index contributed by atoms with van der Waals surface area (Å²) in [5.74, 6) is 0. The number of rotatable bonds is 7. The van der Waals surface area contributed by atoms with E-state index < -0.39 is 0 Å². The summed E-state index contributed by atoms with van der Waals surface area (Å²) in [6.45, 7) is 2.61. The van der Waals surface area contributed by atoms with Crippen molar-refractivity contribution in [2.45, 2.75) is 25.0 Å². The molecule has 1 aliphatic rings. The van der Waals surface area contributed by atoms with E-state index in [9.17, 15) is 0 Å². The van der Waals surface area contributed by atoms with Crippen molar-refractivity contribution in [1.29, 1.82) is 0 Å². The lowest BCUT2D eigenvalue weighted by Crippen LogP contribution is -2.42. The standard InChI is InChI=1S/C9H19NO3/c1-11-2-3-12-4-5-13-9-6-8(10)7-9/h8-9H,2-7,10H2,1H3. The van der Waals surface area contributed by atoms with E-state index in [1.807, 2.05) is 0 Å². The van der Waals surface area contributed by atoms with Gasteiger partial charge in [-0.3, -0.25) is 0 Å². The molecule has 0 atom stereocenters. The van der Waals surface area contributed by atoms with Crippen LogP contribution in [0.5, 0.6) is 0 Å². The van der Waals surface area contributed by atoms with Gasteiger partial charge in [-0.25, -0.2) is 0 Å². The van der Waals surface area contributed by atoms with Gasteiger partial charge in [0.15, 0.2) is 0 Å². The summed E-state index contributed by atoms with van der Waals surface area (Å²) in [7, 11) is 1.66. The Morgan fingerprint density at radius 2 is 1.85 bits per heavy atom. The predicted molar refractivity (Wildman–Crippen MR) is 49.6 cm³/mol. The minimum absolute atomic E-state index is 0.361. The Bertz CT molecular complexity index is 126. The fourth-order valence-electron chi connectivity index (χ4n) is 1.26. The van der Waals surface area contributed by atoms with E-state index in [1.165, 1.54) is 0 Å². The number of hydrogen-bond acceptors (Lipinski definition) is 4. The molecule has 1 rings (SSSR count). The Morgan fingerprint density at radius 3 is 2.46 bits per heavy atom. The summed E-state index contributed by atoms with van der Waals surface area (Å²) < 4.78 is 15.6. The maximum Gasteiger partial charge on any atom is 0.0704 e. The molecule has 0 aliphatic heterocycles. The van der Waals surface area contributed by atoms with Crippen LogP contribution in [-0.4, -0.2) is 45.7 Å². The molecule has 0 aromatic rings. The Balaban J connectivity index is 1.74. The molecular formula is C9H19NO3. The van der Waals surface area contributed by atoms with Crippen molar-refractivity contribution >= 4 is 0 Å². The molecular weight excluding hydrogens is 170 g/mol. The third-order valence-corrected chi connectivity index (χ3v) is 2.14. The van der Waals surface area contributed by atoms with Crippen LogP contribution in [0.25, 0.3) is 0 Å². The number of ether oxygens (including phenoxy) is 3. The van der Waals surface area contributed by atoms with E-state index in [2.05, 4.69) is 0 Å². The molecule has 0 bridgehead atoms. The van der Waals surface area contributed by atoms with Crippen LogP contribution >= 0.6 is 0 Å². The molecule has 78 valence electrons. The normalized spacial score (nSPS) is 27.2. The molecule has 1 fully saturated rings. The van der Waals surface area contributed by atoms with Gasteiger partial charge in [-0.1, -0.05) is 0 Å². The van der Waals surface area contributed by atoms with Gasteiger partial charge in [0.25, 0.3) is 0 Å². The van der Waals surface area contributed by atoms with Gasteiger partial charge in [-0.2, -0.15) is 0 Å². The second-order valence-corrected chi connectivity index (χ2v) is 3.33. The van der Waals surface area contributed by atoms with E-state index in [-0.39, 0.29) is 0 Å². The fourth-order valence-corrected chi connectivity index (χ4v) is 1.26. The first-order valence-corrected chi connectivity index (χ1v) is 4.76. The van der Waals surface area contributed by atoms with Crippen LogP contribution in [0.2, 0.25) is 0 Å². The van der Waals surface area contributed by atoms with Crippen molar-refractivity contribution in [3.05, 3.63) is 0 Å². The van der Waals surface area contributed by atoms with Gasteiger partial charge in [0.2, 0.25) is 0 Å². The molecule has 1 saturated carbocycles. The maximum atomic E-state index is 5.61. The average Bonchev–Trinajstić information content (AvgIpc) is 2.07. The van der Waals surface area contributed by atoms with Gasteiger partial charge in [0, 0.05) is 13.2 Å². The van der Waals surface area contributed by atoms with Gasteiger partial charge < -0.3 is 19.9 Å². The lowest BCUT2D eigenvalue weighted by Gasteiger charge is -2.32. The summed E-state index contributed by atoms with van der Waals surface area (Å²) in [4.78, 5) is 0. The Labute approximate surface area is 79.3 Å². The van der Waals surface area contributed by atoms with Gasteiger partial charge in [-0.05, 0) is 12.8 Å². The van der Waals surface area contributed by atoms with Crippen molar-refractivity contribution in [1.82, 2.24) is 0 Å².